The van der Waals surface area contributed by atoms with Crippen LogP contribution in [0, 0.1) is 0 Å². The third-order valence-corrected chi connectivity index (χ3v) is 3.81. The number of nitrogens with zero attached hydrogens (tertiary/aromatic N) is 4. The summed E-state index contributed by atoms with van der Waals surface area (Å²) in [5, 5.41) is 12.3. The third kappa shape index (κ3) is 2.79. The summed E-state index contributed by atoms with van der Waals surface area (Å²) in [6, 6.07) is 6.02. The lowest BCUT2D eigenvalue weighted by Crippen LogP contribution is -2.12. The molecule has 2 aromatic heterocycles. The van der Waals surface area contributed by atoms with E-state index < -0.39 is 10.0 Å². The van der Waals surface area contributed by atoms with Gasteiger partial charge in [-0.25, -0.2) is 23.1 Å². The van der Waals surface area contributed by atoms with Gasteiger partial charge in [0.2, 0.25) is 16.0 Å². The van der Waals surface area contributed by atoms with Gasteiger partial charge in [0.1, 0.15) is 0 Å². The molecule has 0 saturated heterocycles. The van der Waals surface area contributed by atoms with Crippen LogP contribution in [0.1, 0.15) is 0 Å². The molecule has 0 amide bonds. The van der Waals surface area contributed by atoms with Crippen LogP contribution in [0.3, 0.4) is 0 Å². The van der Waals surface area contributed by atoms with Crippen molar-refractivity contribution in [2.45, 2.75) is 4.90 Å². The minimum atomic E-state index is -3.77. The Bertz CT molecular complexity index is 923. The molecule has 0 aliphatic carbocycles. The van der Waals surface area contributed by atoms with E-state index in [2.05, 4.69) is 20.4 Å². The highest BCUT2D eigenvalue weighted by atomic mass is 35.5. The molecule has 0 aliphatic heterocycles. The van der Waals surface area contributed by atoms with E-state index in [4.69, 9.17) is 16.7 Å². The Morgan fingerprint density at radius 1 is 1.33 bits per heavy atom. The van der Waals surface area contributed by atoms with Crippen molar-refractivity contribution in [2.75, 3.05) is 5.32 Å². The van der Waals surface area contributed by atoms with Gasteiger partial charge < -0.3 is 5.32 Å². The Morgan fingerprint density at radius 3 is 2.86 bits per heavy atom. The van der Waals surface area contributed by atoms with Crippen LogP contribution in [-0.4, -0.2) is 28.0 Å². The molecule has 0 aliphatic rings. The molecule has 3 rings (SSSR count). The van der Waals surface area contributed by atoms with E-state index in [0.29, 0.717) is 11.3 Å². The zero-order valence-corrected chi connectivity index (χ0v) is 12.0. The number of nitrogens with one attached hydrogen (secondary N) is 1. The molecule has 3 N–H and O–H groups in total. The van der Waals surface area contributed by atoms with Gasteiger partial charge in [-0.15, -0.1) is 5.10 Å². The molecule has 2 heterocycles. The number of hydrogen-bond acceptors (Lipinski definition) is 6. The lowest BCUT2D eigenvalue weighted by Gasteiger charge is -2.03. The van der Waals surface area contributed by atoms with Gasteiger partial charge in [-0.3, -0.25) is 0 Å². The second-order valence-electron chi connectivity index (χ2n) is 4.12. The molecule has 1 aromatic carbocycles. The fraction of sp³-hybridized carbons (Fsp3) is 0. The van der Waals surface area contributed by atoms with Crippen LogP contribution in [0.4, 0.5) is 11.6 Å². The van der Waals surface area contributed by atoms with Gasteiger partial charge in [-0.1, -0.05) is 17.7 Å². The molecule has 0 unspecified atom stereocenters. The first-order valence-electron chi connectivity index (χ1n) is 5.70. The first-order valence-corrected chi connectivity index (χ1v) is 7.63. The summed E-state index contributed by atoms with van der Waals surface area (Å²) in [6.45, 7) is 0. The van der Waals surface area contributed by atoms with E-state index in [9.17, 15) is 8.42 Å². The topological polar surface area (TPSA) is 115 Å². The Morgan fingerprint density at radius 2 is 2.14 bits per heavy atom. The van der Waals surface area contributed by atoms with Crippen molar-refractivity contribution in [3.05, 3.63) is 41.8 Å². The normalized spacial score (nSPS) is 11.7. The minimum absolute atomic E-state index is 0.00374. The smallest absolute Gasteiger partial charge is 0.247 e. The average Bonchev–Trinajstić information content (AvgIpc) is 2.82. The van der Waals surface area contributed by atoms with Crippen LogP contribution in [0.25, 0.3) is 5.65 Å². The van der Waals surface area contributed by atoms with Gasteiger partial charge >= 0.3 is 0 Å². The van der Waals surface area contributed by atoms with Crippen LogP contribution in [0.5, 0.6) is 0 Å². The second kappa shape index (κ2) is 4.95. The summed E-state index contributed by atoms with van der Waals surface area (Å²) in [5.41, 5.74) is 0.880. The van der Waals surface area contributed by atoms with Gasteiger partial charge in [0.15, 0.2) is 10.8 Å². The molecule has 108 valence electrons. The van der Waals surface area contributed by atoms with Crippen LogP contribution < -0.4 is 10.5 Å². The number of rotatable bonds is 3. The lowest BCUT2D eigenvalue weighted by molar-refractivity contribution is 0.598. The maximum Gasteiger partial charge on any atom is 0.247 e. The number of anilines is 2. The standard InChI is InChI=1S/C11H9ClN6O2S/c12-9-10-16-11(17-18(10)5-4-14-9)15-7-2-1-3-8(6-7)21(13,19)20/h1-6H,(H,15,17)(H2,13,19,20). The molecule has 0 bridgehead atoms. The maximum absolute atomic E-state index is 11.3. The molecule has 0 saturated carbocycles. The molecule has 0 fully saturated rings. The third-order valence-electron chi connectivity index (χ3n) is 2.63. The molecular formula is C11H9ClN6O2S. The number of sulfonamides is 1. The van der Waals surface area contributed by atoms with Crippen molar-refractivity contribution < 1.29 is 8.42 Å². The van der Waals surface area contributed by atoms with Crippen molar-refractivity contribution in [1.29, 1.82) is 0 Å². The number of nitrogens with two attached hydrogens (primary N) is 1. The van der Waals surface area contributed by atoms with Crippen molar-refractivity contribution in [3.8, 4) is 0 Å². The summed E-state index contributed by atoms with van der Waals surface area (Å²) in [5.74, 6) is 0.261. The summed E-state index contributed by atoms with van der Waals surface area (Å²) in [7, 11) is -3.77. The van der Waals surface area contributed by atoms with E-state index in [0.717, 1.165) is 0 Å². The van der Waals surface area contributed by atoms with Crippen molar-refractivity contribution in [2.24, 2.45) is 5.14 Å². The Labute approximate surface area is 124 Å². The highest BCUT2D eigenvalue weighted by Crippen LogP contribution is 2.19. The summed E-state index contributed by atoms with van der Waals surface area (Å²) in [4.78, 5) is 8.05. The molecule has 0 spiro atoms. The number of hydrogen-bond donors (Lipinski definition) is 2. The summed E-state index contributed by atoms with van der Waals surface area (Å²) in [6.07, 6.45) is 3.09. The highest BCUT2D eigenvalue weighted by molar-refractivity contribution is 7.89. The predicted octanol–water partition coefficient (Wildman–Crippen LogP) is 1.17. The predicted molar refractivity (Wildman–Crippen MR) is 76.9 cm³/mol. The van der Waals surface area contributed by atoms with E-state index in [-0.39, 0.29) is 16.0 Å². The van der Waals surface area contributed by atoms with E-state index in [1.54, 1.807) is 18.3 Å². The first-order chi connectivity index (χ1) is 9.93. The number of fused-ring (bicyclic) bond motifs is 1. The number of aromatic nitrogens is 4. The van der Waals surface area contributed by atoms with E-state index in [1.165, 1.54) is 22.8 Å². The Kier molecular flexibility index (Phi) is 3.24. The molecule has 10 heteroatoms. The fourth-order valence-corrected chi connectivity index (χ4v) is 2.47. The molecular weight excluding hydrogens is 316 g/mol. The van der Waals surface area contributed by atoms with E-state index >= 15 is 0 Å². The first kappa shape index (κ1) is 13.7. The van der Waals surface area contributed by atoms with Crippen LogP contribution in [0.15, 0.2) is 41.6 Å². The van der Waals surface area contributed by atoms with Gasteiger partial charge in [-0.05, 0) is 18.2 Å². The average molecular weight is 325 g/mol. The second-order valence-corrected chi connectivity index (χ2v) is 6.04. The quantitative estimate of drug-likeness (QED) is 0.747. The molecule has 3 aromatic rings. The van der Waals surface area contributed by atoms with Crippen LogP contribution in [-0.2, 0) is 10.0 Å². The van der Waals surface area contributed by atoms with Crippen molar-refractivity contribution >= 4 is 38.9 Å². The molecule has 8 nitrogen and oxygen atoms in total. The largest absolute Gasteiger partial charge is 0.323 e. The van der Waals surface area contributed by atoms with Gasteiger partial charge in [-0.2, -0.15) is 4.98 Å². The molecule has 21 heavy (non-hydrogen) atoms. The van der Waals surface area contributed by atoms with Crippen LogP contribution in [0.2, 0.25) is 5.15 Å². The summed E-state index contributed by atoms with van der Waals surface area (Å²) < 4.78 is 24.1. The maximum atomic E-state index is 11.3. The van der Waals surface area contributed by atoms with E-state index in [1.807, 2.05) is 0 Å². The fourth-order valence-electron chi connectivity index (χ4n) is 1.72. The molecule has 0 atom stereocenters. The monoisotopic (exact) mass is 324 g/mol. The zero-order chi connectivity index (χ0) is 15.0. The number of primary sulfonamides is 1. The van der Waals surface area contributed by atoms with Gasteiger partial charge in [0, 0.05) is 18.1 Å². The highest BCUT2D eigenvalue weighted by Gasteiger charge is 2.10. The number of halogens is 1. The Balaban J connectivity index is 1.97. The Hall–Kier alpha value is -2.23. The SMILES string of the molecule is NS(=O)(=O)c1cccc(Nc2nc3c(Cl)nccn3n2)c1. The zero-order valence-electron chi connectivity index (χ0n) is 10.4. The van der Waals surface area contributed by atoms with Crippen LogP contribution >= 0.6 is 11.6 Å². The summed E-state index contributed by atoms with van der Waals surface area (Å²) >= 11 is 5.90. The molecule has 0 radical (unpaired) electrons. The van der Waals surface area contributed by atoms with Gasteiger partial charge in [0.05, 0.1) is 4.90 Å². The minimum Gasteiger partial charge on any atom is -0.323 e. The van der Waals surface area contributed by atoms with Crippen molar-refractivity contribution in [3.63, 3.8) is 0 Å². The lowest BCUT2D eigenvalue weighted by atomic mass is 10.3. The van der Waals surface area contributed by atoms with Crippen molar-refractivity contribution in [1.82, 2.24) is 19.6 Å². The van der Waals surface area contributed by atoms with Gasteiger partial charge in [0.25, 0.3) is 0 Å². The number of benzene rings is 1.